The maximum Gasteiger partial charge on any atom is 0.310 e. The molecule has 7 nitrogen and oxygen atoms in total. The fraction of sp³-hybridized carbons (Fsp3) is 0.351. The molecular weight excluding hydrogens is 599 g/mol. The van der Waals surface area contributed by atoms with E-state index in [1.54, 1.807) is 30.2 Å². The second-order valence-electron chi connectivity index (χ2n) is 12.7. The number of carboxylic acid groups (broad SMARTS) is 1. The summed E-state index contributed by atoms with van der Waals surface area (Å²) in [5.41, 5.74) is 5.36. The van der Waals surface area contributed by atoms with E-state index in [9.17, 15) is 14.3 Å². The summed E-state index contributed by atoms with van der Waals surface area (Å²) in [6.07, 6.45) is 6.11. The highest BCUT2D eigenvalue weighted by molar-refractivity contribution is 8.00. The Hall–Kier alpha value is -4.24. The molecular formula is C37H41FN4O3S. The lowest BCUT2D eigenvalue weighted by Gasteiger charge is -2.29. The Kier molecular flexibility index (Phi) is 9.82. The second kappa shape index (κ2) is 13.6. The Morgan fingerprint density at radius 3 is 2.28 bits per heavy atom. The van der Waals surface area contributed by atoms with Gasteiger partial charge in [-0.2, -0.15) is 0 Å². The molecule has 0 unspecified atom stereocenters. The van der Waals surface area contributed by atoms with Crippen LogP contribution in [0.15, 0.2) is 78.1 Å². The van der Waals surface area contributed by atoms with E-state index >= 15 is 0 Å². The minimum Gasteiger partial charge on any atom is -0.487 e. The van der Waals surface area contributed by atoms with Crippen LogP contribution in [0.3, 0.4) is 0 Å². The predicted molar refractivity (Wildman–Crippen MR) is 182 cm³/mol. The Morgan fingerprint density at radius 2 is 1.70 bits per heavy atom. The highest BCUT2D eigenvalue weighted by Crippen LogP contribution is 2.45. The molecule has 0 bridgehead atoms. The molecule has 0 aliphatic heterocycles. The summed E-state index contributed by atoms with van der Waals surface area (Å²) in [4.78, 5) is 26.8. The van der Waals surface area contributed by atoms with Crippen molar-refractivity contribution in [1.82, 2.24) is 19.5 Å². The number of hydrogen-bond acceptors (Lipinski definition) is 6. The standard InChI is InChI=1S/C37H41FN4O3S/c1-7-37(8-2,35(43)44)18-33-34(46-36(4,5)6)30-17-29(45-23-28-21-39-24(3)19-40-28)14-16-32(30)42(33)22-25-9-11-26(12-10-25)31-15-13-27(38)20-41-31/h9-17,19-21H,7-8,18,22-23H2,1-6H3,(H,43,44). The van der Waals surface area contributed by atoms with E-state index in [-0.39, 0.29) is 17.2 Å². The van der Waals surface area contributed by atoms with Gasteiger partial charge in [0, 0.05) is 51.0 Å². The number of fused-ring (bicyclic) bond motifs is 1. The van der Waals surface area contributed by atoms with Gasteiger partial charge in [-0.15, -0.1) is 11.8 Å². The number of pyridine rings is 1. The van der Waals surface area contributed by atoms with Crippen LogP contribution in [0.1, 0.15) is 70.1 Å². The smallest absolute Gasteiger partial charge is 0.310 e. The van der Waals surface area contributed by atoms with Gasteiger partial charge in [0.15, 0.2) is 0 Å². The number of aryl methyl sites for hydroxylation is 1. The molecule has 3 heterocycles. The molecule has 0 aliphatic rings. The van der Waals surface area contributed by atoms with Crippen LogP contribution < -0.4 is 4.74 Å². The molecule has 46 heavy (non-hydrogen) atoms. The fourth-order valence-corrected chi connectivity index (χ4v) is 6.77. The molecule has 5 rings (SSSR count). The van der Waals surface area contributed by atoms with E-state index in [4.69, 9.17) is 4.74 Å². The number of hydrogen-bond donors (Lipinski definition) is 1. The van der Waals surface area contributed by atoms with Crippen molar-refractivity contribution in [3.05, 3.63) is 102 Å². The van der Waals surface area contributed by atoms with Crippen LogP contribution >= 0.6 is 11.8 Å². The topological polar surface area (TPSA) is 90.1 Å². The van der Waals surface area contributed by atoms with Crippen molar-refractivity contribution in [2.45, 2.75) is 83.6 Å². The van der Waals surface area contributed by atoms with Gasteiger partial charge in [-0.05, 0) is 55.7 Å². The van der Waals surface area contributed by atoms with Crippen LogP contribution in [0.5, 0.6) is 5.75 Å². The van der Waals surface area contributed by atoms with Crippen molar-refractivity contribution in [2.24, 2.45) is 5.41 Å². The quantitative estimate of drug-likeness (QED) is 0.136. The fourth-order valence-electron chi connectivity index (χ4n) is 5.58. The van der Waals surface area contributed by atoms with E-state index in [0.29, 0.717) is 37.3 Å². The highest BCUT2D eigenvalue weighted by Gasteiger charge is 2.38. The zero-order valence-electron chi connectivity index (χ0n) is 27.3. The Morgan fingerprint density at radius 1 is 0.957 bits per heavy atom. The van der Waals surface area contributed by atoms with Crippen molar-refractivity contribution in [1.29, 1.82) is 0 Å². The normalized spacial score (nSPS) is 12.1. The van der Waals surface area contributed by atoms with Crippen LogP contribution in [0.25, 0.3) is 22.2 Å². The first-order valence-corrected chi connectivity index (χ1v) is 16.4. The number of aromatic nitrogens is 4. The summed E-state index contributed by atoms with van der Waals surface area (Å²) in [7, 11) is 0. The summed E-state index contributed by atoms with van der Waals surface area (Å²) in [6.45, 7) is 13.2. The molecule has 0 amide bonds. The zero-order chi connectivity index (χ0) is 33.1. The van der Waals surface area contributed by atoms with Crippen LogP contribution in [0.2, 0.25) is 0 Å². The Bertz CT molecular complexity index is 1810. The number of ether oxygens (including phenoxy) is 1. The van der Waals surface area contributed by atoms with Gasteiger partial charge in [-0.3, -0.25) is 19.7 Å². The van der Waals surface area contributed by atoms with Crippen molar-refractivity contribution < 1.29 is 19.0 Å². The van der Waals surface area contributed by atoms with Crippen LogP contribution in [0, 0.1) is 18.2 Å². The lowest BCUT2D eigenvalue weighted by molar-refractivity contribution is -0.149. The first-order valence-electron chi connectivity index (χ1n) is 15.6. The van der Waals surface area contributed by atoms with Gasteiger partial charge < -0.3 is 14.4 Å². The largest absolute Gasteiger partial charge is 0.487 e. The molecule has 2 aromatic carbocycles. The van der Waals surface area contributed by atoms with E-state index in [2.05, 4.69) is 64.6 Å². The van der Waals surface area contributed by atoms with Gasteiger partial charge in [0.25, 0.3) is 0 Å². The molecule has 0 fully saturated rings. The number of rotatable bonds is 12. The summed E-state index contributed by atoms with van der Waals surface area (Å²) in [6, 6.07) is 17.3. The van der Waals surface area contributed by atoms with Gasteiger partial charge >= 0.3 is 5.97 Å². The number of carbonyl (C=O) groups is 1. The number of halogens is 1. The lowest BCUT2D eigenvalue weighted by atomic mass is 9.78. The molecule has 0 atom stereocenters. The maximum atomic E-state index is 13.4. The summed E-state index contributed by atoms with van der Waals surface area (Å²) < 4.78 is 21.8. The first-order chi connectivity index (χ1) is 21.9. The molecule has 5 aromatic rings. The van der Waals surface area contributed by atoms with Crippen molar-refractivity contribution in [3.8, 4) is 17.0 Å². The van der Waals surface area contributed by atoms with Gasteiger partial charge in [0.2, 0.25) is 0 Å². The third kappa shape index (κ3) is 7.41. The van der Waals surface area contributed by atoms with Crippen LogP contribution in [-0.2, 0) is 24.4 Å². The third-order valence-electron chi connectivity index (χ3n) is 8.35. The third-order valence-corrected chi connectivity index (χ3v) is 9.62. The molecule has 0 spiro atoms. The molecule has 0 radical (unpaired) electrons. The van der Waals surface area contributed by atoms with Gasteiger partial charge in [0.1, 0.15) is 18.2 Å². The molecule has 0 saturated heterocycles. The molecule has 9 heteroatoms. The van der Waals surface area contributed by atoms with Gasteiger partial charge in [-0.1, -0.05) is 58.9 Å². The Balaban J connectivity index is 1.61. The van der Waals surface area contributed by atoms with Crippen molar-refractivity contribution in [3.63, 3.8) is 0 Å². The zero-order valence-corrected chi connectivity index (χ0v) is 28.1. The summed E-state index contributed by atoms with van der Waals surface area (Å²) in [5.74, 6) is -0.438. The molecule has 0 aliphatic carbocycles. The minimum atomic E-state index is -0.902. The van der Waals surface area contributed by atoms with Crippen molar-refractivity contribution in [2.75, 3.05) is 0 Å². The number of aliphatic carboxylic acids is 1. The van der Waals surface area contributed by atoms with E-state index < -0.39 is 11.4 Å². The second-order valence-corrected chi connectivity index (χ2v) is 14.6. The first kappa shape index (κ1) is 33.1. The highest BCUT2D eigenvalue weighted by atomic mass is 32.2. The van der Waals surface area contributed by atoms with Crippen LogP contribution in [0.4, 0.5) is 4.39 Å². The molecule has 3 aromatic heterocycles. The van der Waals surface area contributed by atoms with E-state index in [1.807, 2.05) is 39.0 Å². The van der Waals surface area contributed by atoms with Crippen molar-refractivity contribution >= 4 is 28.6 Å². The van der Waals surface area contributed by atoms with E-state index in [1.165, 1.54) is 12.3 Å². The SMILES string of the molecule is CCC(CC)(Cc1c(SC(C)(C)C)c2cc(OCc3cnc(C)cn3)ccc2n1Cc1ccc(-c2ccc(F)cn2)cc1)C(=O)O. The molecule has 1 N–H and O–H groups in total. The number of nitrogens with zero attached hydrogens (tertiary/aromatic N) is 4. The number of benzene rings is 2. The monoisotopic (exact) mass is 640 g/mol. The van der Waals surface area contributed by atoms with Gasteiger partial charge in [-0.25, -0.2) is 4.39 Å². The maximum absolute atomic E-state index is 13.4. The summed E-state index contributed by atoms with van der Waals surface area (Å²) >= 11 is 1.76. The number of thioether (sulfide) groups is 1. The molecule has 0 saturated carbocycles. The summed E-state index contributed by atoms with van der Waals surface area (Å²) in [5, 5.41) is 11.5. The van der Waals surface area contributed by atoms with E-state index in [0.717, 1.165) is 44.0 Å². The Labute approximate surface area is 274 Å². The average molecular weight is 641 g/mol. The van der Waals surface area contributed by atoms with Gasteiger partial charge in [0.05, 0.1) is 34.9 Å². The minimum absolute atomic E-state index is 0.129. The van der Waals surface area contributed by atoms with Crippen LogP contribution in [-0.4, -0.2) is 35.3 Å². The predicted octanol–water partition coefficient (Wildman–Crippen LogP) is 8.89. The number of carboxylic acids is 1. The molecule has 240 valence electrons. The lowest BCUT2D eigenvalue weighted by Crippen LogP contribution is -2.33. The average Bonchev–Trinajstić information content (AvgIpc) is 3.29.